The SMILES string of the molecule is O=C(OC1CCCCC1)n1cccn1. The van der Waals surface area contributed by atoms with E-state index < -0.39 is 0 Å². The van der Waals surface area contributed by atoms with Gasteiger partial charge < -0.3 is 4.74 Å². The average molecular weight is 194 g/mol. The molecule has 76 valence electrons. The van der Waals surface area contributed by atoms with Gasteiger partial charge in [-0.25, -0.2) is 4.79 Å². The molecule has 2 rings (SSSR count). The fourth-order valence-electron chi connectivity index (χ4n) is 1.76. The van der Waals surface area contributed by atoms with Gasteiger partial charge in [-0.1, -0.05) is 6.42 Å². The molecular formula is C10H14N2O2. The highest BCUT2D eigenvalue weighted by molar-refractivity contribution is 5.69. The Hall–Kier alpha value is -1.32. The Bertz CT molecular complexity index is 289. The molecule has 0 aromatic carbocycles. The fraction of sp³-hybridized carbons (Fsp3) is 0.600. The Morgan fingerprint density at radius 3 is 2.79 bits per heavy atom. The third-order valence-electron chi connectivity index (χ3n) is 2.51. The molecule has 0 aliphatic heterocycles. The largest absolute Gasteiger partial charge is 0.445 e. The smallest absolute Gasteiger partial charge is 0.434 e. The molecule has 1 heterocycles. The first-order valence-electron chi connectivity index (χ1n) is 5.07. The fourth-order valence-corrected chi connectivity index (χ4v) is 1.76. The van der Waals surface area contributed by atoms with Gasteiger partial charge in [0.05, 0.1) is 0 Å². The maximum Gasteiger partial charge on any atom is 0.434 e. The Kier molecular flexibility index (Phi) is 2.81. The number of carbonyl (C=O) groups excluding carboxylic acids is 1. The third-order valence-corrected chi connectivity index (χ3v) is 2.51. The molecule has 4 heteroatoms. The number of hydrogen-bond donors (Lipinski definition) is 0. The van der Waals surface area contributed by atoms with Gasteiger partial charge in [-0.3, -0.25) is 0 Å². The maximum absolute atomic E-state index is 11.5. The van der Waals surface area contributed by atoms with E-state index in [2.05, 4.69) is 5.10 Å². The van der Waals surface area contributed by atoms with E-state index >= 15 is 0 Å². The predicted octanol–water partition coefficient (Wildman–Crippen LogP) is 2.20. The van der Waals surface area contributed by atoms with Crippen LogP contribution in [0.1, 0.15) is 32.1 Å². The second-order valence-corrected chi connectivity index (χ2v) is 3.59. The monoisotopic (exact) mass is 194 g/mol. The minimum absolute atomic E-state index is 0.0976. The molecule has 1 aromatic rings. The quantitative estimate of drug-likeness (QED) is 0.688. The molecule has 0 bridgehead atoms. The van der Waals surface area contributed by atoms with Gasteiger partial charge in [0, 0.05) is 12.4 Å². The number of ether oxygens (including phenoxy) is 1. The van der Waals surface area contributed by atoms with Crippen molar-refractivity contribution in [2.75, 3.05) is 0 Å². The van der Waals surface area contributed by atoms with E-state index in [1.165, 1.54) is 11.1 Å². The summed E-state index contributed by atoms with van der Waals surface area (Å²) in [4.78, 5) is 11.5. The van der Waals surface area contributed by atoms with Crippen LogP contribution in [-0.4, -0.2) is 22.0 Å². The summed E-state index contributed by atoms with van der Waals surface area (Å²) in [5, 5.41) is 3.82. The van der Waals surface area contributed by atoms with Crippen molar-refractivity contribution in [2.45, 2.75) is 38.2 Å². The highest BCUT2D eigenvalue weighted by Gasteiger charge is 2.18. The maximum atomic E-state index is 11.5. The van der Waals surface area contributed by atoms with Crippen LogP contribution < -0.4 is 0 Å². The van der Waals surface area contributed by atoms with Crippen LogP contribution in [0.5, 0.6) is 0 Å². The highest BCUT2D eigenvalue weighted by atomic mass is 16.6. The second-order valence-electron chi connectivity index (χ2n) is 3.59. The van der Waals surface area contributed by atoms with Crippen LogP contribution in [0.25, 0.3) is 0 Å². The molecule has 0 atom stereocenters. The summed E-state index contributed by atoms with van der Waals surface area (Å²) in [6.45, 7) is 0. The van der Waals surface area contributed by atoms with Gasteiger partial charge in [0.25, 0.3) is 0 Å². The van der Waals surface area contributed by atoms with Crippen LogP contribution in [0.2, 0.25) is 0 Å². The van der Waals surface area contributed by atoms with E-state index in [4.69, 9.17) is 4.74 Å². The molecule has 1 aromatic heterocycles. The van der Waals surface area contributed by atoms with Gasteiger partial charge in [0.15, 0.2) is 0 Å². The molecule has 1 fully saturated rings. The molecular weight excluding hydrogens is 180 g/mol. The standard InChI is InChI=1S/C10H14N2O2/c13-10(12-8-4-7-11-12)14-9-5-2-1-3-6-9/h4,7-9H,1-3,5-6H2. The minimum Gasteiger partial charge on any atom is -0.445 e. The summed E-state index contributed by atoms with van der Waals surface area (Å²) >= 11 is 0. The molecule has 0 radical (unpaired) electrons. The van der Waals surface area contributed by atoms with Gasteiger partial charge in [0.2, 0.25) is 0 Å². The van der Waals surface area contributed by atoms with Crippen molar-refractivity contribution in [1.82, 2.24) is 9.78 Å². The zero-order valence-electron chi connectivity index (χ0n) is 8.06. The Balaban J connectivity index is 1.87. The molecule has 1 aliphatic carbocycles. The Morgan fingerprint density at radius 2 is 2.14 bits per heavy atom. The van der Waals surface area contributed by atoms with Crippen molar-refractivity contribution in [1.29, 1.82) is 0 Å². The van der Waals surface area contributed by atoms with Crippen molar-refractivity contribution in [2.24, 2.45) is 0 Å². The van der Waals surface area contributed by atoms with Crippen LogP contribution in [0.4, 0.5) is 4.79 Å². The summed E-state index contributed by atoms with van der Waals surface area (Å²) in [6, 6.07) is 1.71. The zero-order valence-corrected chi connectivity index (χ0v) is 8.06. The first-order chi connectivity index (χ1) is 6.86. The van der Waals surface area contributed by atoms with Crippen molar-refractivity contribution in [3.8, 4) is 0 Å². The lowest BCUT2D eigenvalue weighted by molar-refractivity contribution is 0.0741. The number of rotatable bonds is 1. The number of nitrogens with zero attached hydrogens (tertiary/aromatic N) is 2. The first kappa shape index (κ1) is 9.24. The van der Waals surface area contributed by atoms with E-state index in [-0.39, 0.29) is 12.2 Å². The Morgan fingerprint density at radius 1 is 1.36 bits per heavy atom. The summed E-state index contributed by atoms with van der Waals surface area (Å²) in [5.41, 5.74) is 0. The average Bonchev–Trinajstić information content (AvgIpc) is 2.72. The van der Waals surface area contributed by atoms with E-state index in [0.717, 1.165) is 25.7 Å². The van der Waals surface area contributed by atoms with Crippen molar-refractivity contribution < 1.29 is 9.53 Å². The van der Waals surface area contributed by atoms with Crippen molar-refractivity contribution in [3.05, 3.63) is 18.5 Å². The molecule has 1 aliphatic rings. The van der Waals surface area contributed by atoms with Crippen LogP contribution in [0, 0.1) is 0 Å². The lowest BCUT2D eigenvalue weighted by atomic mass is 9.98. The van der Waals surface area contributed by atoms with E-state index in [0.29, 0.717) is 0 Å². The summed E-state index contributed by atoms with van der Waals surface area (Å²) < 4.78 is 6.53. The third kappa shape index (κ3) is 2.13. The lowest BCUT2D eigenvalue weighted by Gasteiger charge is -2.21. The second kappa shape index (κ2) is 4.26. The molecule has 0 amide bonds. The minimum atomic E-state index is -0.359. The van der Waals surface area contributed by atoms with Crippen LogP contribution in [-0.2, 0) is 4.74 Å². The molecule has 4 nitrogen and oxygen atoms in total. The molecule has 14 heavy (non-hydrogen) atoms. The van der Waals surface area contributed by atoms with Gasteiger partial charge in [0.1, 0.15) is 6.10 Å². The van der Waals surface area contributed by atoms with E-state index in [9.17, 15) is 4.79 Å². The molecule has 0 unspecified atom stereocenters. The summed E-state index contributed by atoms with van der Waals surface area (Å²) in [7, 11) is 0. The number of aromatic nitrogens is 2. The van der Waals surface area contributed by atoms with Gasteiger partial charge in [-0.15, -0.1) is 0 Å². The predicted molar refractivity (Wildman–Crippen MR) is 51.0 cm³/mol. The topological polar surface area (TPSA) is 44.1 Å². The number of carbonyl (C=O) groups is 1. The van der Waals surface area contributed by atoms with Crippen molar-refractivity contribution in [3.63, 3.8) is 0 Å². The van der Waals surface area contributed by atoms with Gasteiger partial charge in [-0.2, -0.15) is 9.78 Å². The van der Waals surface area contributed by atoms with Crippen LogP contribution >= 0.6 is 0 Å². The summed E-state index contributed by atoms with van der Waals surface area (Å²) in [6.07, 6.45) is 8.49. The van der Waals surface area contributed by atoms with Gasteiger partial charge >= 0.3 is 6.09 Å². The number of hydrogen-bond acceptors (Lipinski definition) is 3. The zero-order chi connectivity index (χ0) is 9.80. The van der Waals surface area contributed by atoms with E-state index in [1.54, 1.807) is 18.5 Å². The molecule has 0 N–H and O–H groups in total. The van der Waals surface area contributed by atoms with Gasteiger partial charge in [-0.05, 0) is 31.7 Å². The summed E-state index contributed by atoms with van der Waals surface area (Å²) in [5.74, 6) is 0. The Labute approximate surface area is 82.9 Å². The first-order valence-corrected chi connectivity index (χ1v) is 5.07. The van der Waals surface area contributed by atoms with Crippen LogP contribution in [0.15, 0.2) is 18.5 Å². The normalized spacial score (nSPS) is 18.0. The lowest BCUT2D eigenvalue weighted by Crippen LogP contribution is -2.24. The highest BCUT2D eigenvalue weighted by Crippen LogP contribution is 2.20. The molecule has 1 saturated carbocycles. The van der Waals surface area contributed by atoms with Crippen molar-refractivity contribution >= 4 is 6.09 Å². The van der Waals surface area contributed by atoms with Crippen LogP contribution in [0.3, 0.4) is 0 Å². The van der Waals surface area contributed by atoms with E-state index in [1.807, 2.05) is 0 Å². The molecule has 0 saturated heterocycles. The molecule has 0 spiro atoms.